The van der Waals surface area contributed by atoms with Crippen molar-refractivity contribution >= 4 is 22.9 Å². The van der Waals surface area contributed by atoms with Crippen LogP contribution in [0.15, 0.2) is 52.9 Å². The van der Waals surface area contributed by atoms with Crippen molar-refractivity contribution in [3.8, 4) is 5.75 Å². The molecular formula is C19H16O5. The average Bonchev–Trinajstić information content (AvgIpc) is 2.94. The Bertz CT molecular complexity index is 893. The molecule has 0 bridgehead atoms. The van der Waals surface area contributed by atoms with Gasteiger partial charge in [-0.3, -0.25) is 0 Å². The van der Waals surface area contributed by atoms with Crippen LogP contribution in [0.2, 0.25) is 0 Å². The van der Waals surface area contributed by atoms with E-state index >= 15 is 0 Å². The van der Waals surface area contributed by atoms with Crippen molar-refractivity contribution in [1.29, 1.82) is 0 Å². The number of esters is 2. The van der Waals surface area contributed by atoms with Crippen LogP contribution in [0.5, 0.6) is 5.75 Å². The Morgan fingerprint density at radius 1 is 1.00 bits per heavy atom. The van der Waals surface area contributed by atoms with Crippen molar-refractivity contribution < 1.29 is 23.5 Å². The van der Waals surface area contributed by atoms with Gasteiger partial charge < -0.3 is 13.9 Å². The Kier molecular flexibility index (Phi) is 4.33. The van der Waals surface area contributed by atoms with E-state index in [-0.39, 0.29) is 12.4 Å². The zero-order valence-corrected chi connectivity index (χ0v) is 13.4. The Balaban J connectivity index is 2.00. The molecule has 5 heteroatoms. The standard InChI is InChI=1S/C19H16O5/c1-3-22-19(21)17-12(2)16-14(23-17)10-7-11-15(16)24-18(20)13-8-5-4-6-9-13/h4-11H,3H2,1-2H3. The highest BCUT2D eigenvalue weighted by atomic mass is 16.5. The molecule has 0 atom stereocenters. The van der Waals surface area contributed by atoms with Gasteiger partial charge in [0.1, 0.15) is 11.3 Å². The van der Waals surface area contributed by atoms with E-state index in [1.807, 2.05) is 6.07 Å². The predicted molar refractivity (Wildman–Crippen MR) is 88.3 cm³/mol. The first kappa shape index (κ1) is 15.8. The van der Waals surface area contributed by atoms with Gasteiger partial charge in [-0.1, -0.05) is 24.3 Å². The van der Waals surface area contributed by atoms with Crippen molar-refractivity contribution in [2.75, 3.05) is 6.61 Å². The minimum Gasteiger partial charge on any atom is -0.460 e. The first-order valence-electron chi connectivity index (χ1n) is 7.58. The van der Waals surface area contributed by atoms with Crippen LogP contribution in [0.3, 0.4) is 0 Å². The first-order chi connectivity index (χ1) is 11.6. The summed E-state index contributed by atoms with van der Waals surface area (Å²) in [5.41, 5.74) is 1.50. The number of carbonyl (C=O) groups is 2. The molecule has 3 aromatic rings. The Morgan fingerprint density at radius 2 is 1.75 bits per heavy atom. The summed E-state index contributed by atoms with van der Waals surface area (Å²) in [4.78, 5) is 24.2. The molecule has 1 aromatic heterocycles. The number of ether oxygens (including phenoxy) is 2. The van der Waals surface area contributed by atoms with E-state index in [0.29, 0.717) is 27.8 Å². The van der Waals surface area contributed by atoms with Crippen LogP contribution in [0, 0.1) is 6.92 Å². The quantitative estimate of drug-likeness (QED) is 0.533. The third-order valence-electron chi connectivity index (χ3n) is 3.59. The van der Waals surface area contributed by atoms with Crippen molar-refractivity contribution in [2.24, 2.45) is 0 Å². The summed E-state index contributed by atoms with van der Waals surface area (Å²) in [5.74, 6) is -0.541. The lowest BCUT2D eigenvalue weighted by Crippen LogP contribution is -2.08. The highest BCUT2D eigenvalue weighted by Gasteiger charge is 2.22. The van der Waals surface area contributed by atoms with Gasteiger partial charge >= 0.3 is 11.9 Å². The maximum absolute atomic E-state index is 12.3. The van der Waals surface area contributed by atoms with Crippen LogP contribution in [-0.4, -0.2) is 18.5 Å². The predicted octanol–water partition coefficient (Wildman–Crippen LogP) is 4.14. The molecule has 0 unspecified atom stereocenters. The Labute approximate surface area is 138 Å². The summed E-state index contributed by atoms with van der Waals surface area (Å²) in [6.07, 6.45) is 0. The van der Waals surface area contributed by atoms with Gasteiger partial charge in [0.25, 0.3) is 0 Å². The molecule has 3 rings (SSSR count). The van der Waals surface area contributed by atoms with E-state index < -0.39 is 11.9 Å². The van der Waals surface area contributed by atoms with Crippen molar-refractivity contribution in [3.63, 3.8) is 0 Å². The number of fused-ring (bicyclic) bond motifs is 1. The van der Waals surface area contributed by atoms with E-state index in [4.69, 9.17) is 13.9 Å². The molecule has 0 radical (unpaired) electrons. The van der Waals surface area contributed by atoms with Gasteiger partial charge in [0.15, 0.2) is 0 Å². The fourth-order valence-corrected chi connectivity index (χ4v) is 2.48. The van der Waals surface area contributed by atoms with Crippen LogP contribution in [0.25, 0.3) is 11.0 Å². The fourth-order valence-electron chi connectivity index (χ4n) is 2.48. The summed E-state index contributed by atoms with van der Waals surface area (Å²) in [5, 5.41) is 0.588. The number of rotatable bonds is 4. The van der Waals surface area contributed by atoms with Crippen molar-refractivity contribution in [1.82, 2.24) is 0 Å². The van der Waals surface area contributed by atoms with Crippen LogP contribution in [0.4, 0.5) is 0 Å². The van der Waals surface area contributed by atoms with Gasteiger partial charge in [0, 0.05) is 5.56 Å². The van der Waals surface area contributed by atoms with E-state index in [0.717, 1.165) is 0 Å². The lowest BCUT2D eigenvalue weighted by molar-refractivity contribution is 0.0491. The van der Waals surface area contributed by atoms with E-state index in [9.17, 15) is 9.59 Å². The molecule has 5 nitrogen and oxygen atoms in total. The summed E-state index contributed by atoms with van der Waals surface area (Å²) >= 11 is 0. The second kappa shape index (κ2) is 6.58. The molecule has 0 N–H and O–H groups in total. The highest BCUT2D eigenvalue weighted by Crippen LogP contribution is 2.33. The summed E-state index contributed by atoms with van der Waals surface area (Å²) in [6.45, 7) is 3.71. The van der Waals surface area contributed by atoms with E-state index in [2.05, 4.69) is 0 Å². The molecule has 0 fully saturated rings. The molecule has 0 amide bonds. The molecule has 24 heavy (non-hydrogen) atoms. The summed E-state index contributed by atoms with van der Waals surface area (Å²) in [6, 6.07) is 13.8. The second-order valence-corrected chi connectivity index (χ2v) is 5.16. The third-order valence-corrected chi connectivity index (χ3v) is 3.59. The van der Waals surface area contributed by atoms with Crippen molar-refractivity contribution in [2.45, 2.75) is 13.8 Å². The number of hydrogen-bond donors (Lipinski definition) is 0. The lowest BCUT2D eigenvalue weighted by Gasteiger charge is -2.05. The molecule has 122 valence electrons. The monoisotopic (exact) mass is 324 g/mol. The van der Waals surface area contributed by atoms with Gasteiger partial charge in [0.2, 0.25) is 5.76 Å². The van der Waals surface area contributed by atoms with Gasteiger partial charge in [0.05, 0.1) is 17.6 Å². The normalized spacial score (nSPS) is 10.6. The van der Waals surface area contributed by atoms with Crippen LogP contribution in [0.1, 0.15) is 33.4 Å². The number of carbonyl (C=O) groups excluding carboxylic acids is 2. The summed E-state index contributed by atoms with van der Waals surface area (Å²) < 4.78 is 16.1. The van der Waals surface area contributed by atoms with Crippen molar-refractivity contribution in [3.05, 3.63) is 65.4 Å². The van der Waals surface area contributed by atoms with E-state index in [1.165, 1.54) is 0 Å². The molecule has 0 spiro atoms. The SMILES string of the molecule is CCOC(=O)c1oc2cccc(OC(=O)c3ccccc3)c2c1C. The highest BCUT2D eigenvalue weighted by molar-refractivity contribution is 6.00. The Hall–Kier alpha value is -3.08. The number of hydrogen-bond acceptors (Lipinski definition) is 5. The zero-order valence-electron chi connectivity index (χ0n) is 13.4. The zero-order chi connectivity index (χ0) is 17.1. The number of benzene rings is 2. The lowest BCUT2D eigenvalue weighted by atomic mass is 10.1. The molecule has 2 aromatic carbocycles. The Morgan fingerprint density at radius 3 is 2.46 bits per heavy atom. The molecule has 0 saturated heterocycles. The average molecular weight is 324 g/mol. The van der Waals surface area contributed by atoms with Gasteiger partial charge in [-0.25, -0.2) is 9.59 Å². The number of aryl methyl sites for hydroxylation is 1. The van der Waals surface area contributed by atoms with Gasteiger partial charge in [-0.2, -0.15) is 0 Å². The minimum absolute atomic E-state index is 0.120. The third kappa shape index (κ3) is 2.88. The van der Waals surface area contributed by atoms with Gasteiger partial charge in [-0.05, 0) is 38.1 Å². The van der Waals surface area contributed by atoms with E-state index in [1.54, 1.807) is 56.3 Å². The first-order valence-corrected chi connectivity index (χ1v) is 7.58. The van der Waals surface area contributed by atoms with Crippen LogP contribution < -0.4 is 4.74 Å². The molecule has 0 saturated carbocycles. The molecule has 0 aliphatic heterocycles. The van der Waals surface area contributed by atoms with Crippen LogP contribution >= 0.6 is 0 Å². The maximum atomic E-state index is 12.3. The topological polar surface area (TPSA) is 65.7 Å². The maximum Gasteiger partial charge on any atom is 0.374 e. The minimum atomic E-state index is -0.536. The number of furan rings is 1. The molecule has 0 aliphatic carbocycles. The molecule has 1 heterocycles. The van der Waals surface area contributed by atoms with Crippen LogP contribution in [-0.2, 0) is 4.74 Å². The molecular weight excluding hydrogens is 308 g/mol. The summed E-state index contributed by atoms with van der Waals surface area (Å²) in [7, 11) is 0. The largest absolute Gasteiger partial charge is 0.460 e. The smallest absolute Gasteiger partial charge is 0.374 e. The fraction of sp³-hybridized carbons (Fsp3) is 0.158. The van der Waals surface area contributed by atoms with Gasteiger partial charge in [-0.15, -0.1) is 0 Å². The second-order valence-electron chi connectivity index (χ2n) is 5.16. The molecule has 0 aliphatic rings.